The molecule has 1 N–H and O–H groups in total. The molecule has 5 heteroatoms. The number of sulfonamides is 1. The topological polar surface area (TPSA) is 46.2 Å². The minimum absolute atomic E-state index is 0.0933. The molecule has 0 aliphatic heterocycles. The number of hydrogen-bond donors (Lipinski definition) is 1. The molecule has 0 spiro atoms. The maximum atomic E-state index is 11.8. The fourth-order valence-electron chi connectivity index (χ4n) is 1.32. The Hall–Kier alpha value is -0.580. The molecule has 0 unspecified atom stereocenters. The van der Waals surface area contributed by atoms with Gasteiger partial charge in [-0.3, -0.25) is 0 Å². The van der Waals surface area contributed by atoms with Gasteiger partial charge in [-0.1, -0.05) is 29.8 Å². The summed E-state index contributed by atoms with van der Waals surface area (Å²) in [5.74, 6) is -0.0933. The van der Waals surface area contributed by atoms with Crippen molar-refractivity contribution in [1.29, 1.82) is 0 Å². The standard InChI is InChI=1S/C11H16ClNO2S/c1-11(2,3)13-16(14,15)8-9-6-4-5-7-10(9)12/h4-7,13H,8H2,1-3H3. The molecule has 0 atom stereocenters. The Kier molecular flexibility index (Phi) is 3.99. The Balaban J connectivity index is 2.86. The Morgan fingerprint density at radius 1 is 1.25 bits per heavy atom. The molecule has 1 aromatic carbocycles. The van der Waals surface area contributed by atoms with Gasteiger partial charge in [-0.15, -0.1) is 0 Å². The lowest BCUT2D eigenvalue weighted by atomic mass is 10.1. The molecule has 0 aliphatic rings. The highest BCUT2D eigenvalue weighted by Crippen LogP contribution is 2.18. The van der Waals surface area contributed by atoms with Gasteiger partial charge in [0.05, 0.1) is 5.75 Å². The highest BCUT2D eigenvalue weighted by Gasteiger charge is 2.20. The fraction of sp³-hybridized carbons (Fsp3) is 0.455. The van der Waals surface area contributed by atoms with Gasteiger partial charge in [0.25, 0.3) is 0 Å². The van der Waals surface area contributed by atoms with Crippen LogP contribution in [0.5, 0.6) is 0 Å². The molecular formula is C11H16ClNO2S. The normalized spacial score (nSPS) is 12.8. The van der Waals surface area contributed by atoms with E-state index in [1.807, 2.05) is 0 Å². The second-order valence-corrected chi connectivity index (χ2v) is 6.83. The Bertz CT molecular complexity index is 463. The third-order valence-electron chi connectivity index (χ3n) is 1.77. The van der Waals surface area contributed by atoms with E-state index in [0.717, 1.165) is 0 Å². The van der Waals surface area contributed by atoms with Crippen molar-refractivity contribution in [3.8, 4) is 0 Å². The van der Waals surface area contributed by atoms with Crippen LogP contribution in [0.2, 0.25) is 5.02 Å². The van der Waals surface area contributed by atoms with E-state index >= 15 is 0 Å². The molecule has 0 bridgehead atoms. The van der Waals surface area contributed by atoms with Gasteiger partial charge in [0.15, 0.2) is 0 Å². The van der Waals surface area contributed by atoms with Crippen molar-refractivity contribution < 1.29 is 8.42 Å². The molecule has 0 radical (unpaired) electrons. The summed E-state index contributed by atoms with van der Waals surface area (Å²) in [5, 5.41) is 0.474. The van der Waals surface area contributed by atoms with Crippen molar-refractivity contribution in [1.82, 2.24) is 4.72 Å². The lowest BCUT2D eigenvalue weighted by molar-refractivity contribution is 0.491. The highest BCUT2D eigenvalue weighted by atomic mass is 35.5. The van der Waals surface area contributed by atoms with Crippen LogP contribution in [-0.4, -0.2) is 14.0 Å². The molecule has 0 amide bonds. The van der Waals surface area contributed by atoms with Crippen LogP contribution in [0.4, 0.5) is 0 Å². The lowest BCUT2D eigenvalue weighted by Crippen LogP contribution is -2.41. The predicted octanol–water partition coefficient (Wildman–Crippen LogP) is 2.56. The van der Waals surface area contributed by atoms with Crippen LogP contribution in [-0.2, 0) is 15.8 Å². The van der Waals surface area contributed by atoms with E-state index in [0.29, 0.717) is 10.6 Å². The van der Waals surface area contributed by atoms with Crippen molar-refractivity contribution in [2.24, 2.45) is 0 Å². The number of rotatable bonds is 3. The molecule has 1 rings (SSSR count). The Morgan fingerprint density at radius 2 is 1.81 bits per heavy atom. The average Bonchev–Trinajstić information content (AvgIpc) is 2.04. The van der Waals surface area contributed by atoms with Crippen LogP contribution in [0, 0.1) is 0 Å². The SMILES string of the molecule is CC(C)(C)NS(=O)(=O)Cc1ccccc1Cl. The zero-order chi connectivity index (χ0) is 12.4. The fourth-order valence-corrected chi connectivity index (χ4v) is 3.27. The molecule has 16 heavy (non-hydrogen) atoms. The molecule has 0 heterocycles. The van der Waals surface area contributed by atoms with E-state index in [2.05, 4.69) is 4.72 Å². The predicted molar refractivity (Wildman–Crippen MR) is 67.0 cm³/mol. The smallest absolute Gasteiger partial charge is 0.212 e. The van der Waals surface area contributed by atoms with Gasteiger partial charge in [0.2, 0.25) is 10.0 Å². The van der Waals surface area contributed by atoms with E-state index in [4.69, 9.17) is 11.6 Å². The molecule has 0 aromatic heterocycles. The largest absolute Gasteiger partial charge is 0.216 e. The van der Waals surface area contributed by atoms with Gasteiger partial charge >= 0.3 is 0 Å². The number of nitrogens with one attached hydrogen (secondary N) is 1. The highest BCUT2D eigenvalue weighted by molar-refractivity contribution is 7.88. The second kappa shape index (κ2) is 4.73. The maximum Gasteiger partial charge on any atom is 0.216 e. The first-order valence-corrected chi connectivity index (χ1v) is 6.98. The summed E-state index contributed by atoms with van der Waals surface area (Å²) in [7, 11) is -3.35. The average molecular weight is 262 g/mol. The summed E-state index contributed by atoms with van der Waals surface area (Å²) in [4.78, 5) is 0. The zero-order valence-electron chi connectivity index (χ0n) is 9.62. The van der Waals surface area contributed by atoms with Crippen LogP contribution in [0.25, 0.3) is 0 Å². The van der Waals surface area contributed by atoms with E-state index in [1.165, 1.54) is 0 Å². The molecule has 3 nitrogen and oxygen atoms in total. The van der Waals surface area contributed by atoms with Crippen LogP contribution in [0.3, 0.4) is 0 Å². The summed E-state index contributed by atoms with van der Waals surface area (Å²) in [6, 6.07) is 6.94. The van der Waals surface area contributed by atoms with Crippen LogP contribution < -0.4 is 4.72 Å². The molecule has 90 valence electrons. The van der Waals surface area contributed by atoms with Crippen molar-refractivity contribution in [2.45, 2.75) is 32.1 Å². The first-order chi connectivity index (χ1) is 7.20. The monoisotopic (exact) mass is 261 g/mol. The number of halogens is 1. The number of benzene rings is 1. The van der Waals surface area contributed by atoms with Crippen molar-refractivity contribution in [2.75, 3.05) is 0 Å². The minimum atomic E-state index is -3.35. The molecule has 0 fully saturated rings. The summed E-state index contributed by atoms with van der Waals surface area (Å²) in [5.41, 5.74) is 0.140. The molecule has 1 aromatic rings. The Morgan fingerprint density at radius 3 is 2.31 bits per heavy atom. The molecule has 0 aliphatic carbocycles. The van der Waals surface area contributed by atoms with Gasteiger partial charge < -0.3 is 0 Å². The molecule has 0 saturated heterocycles. The van der Waals surface area contributed by atoms with E-state index in [-0.39, 0.29) is 5.75 Å². The Labute approximate surface area is 102 Å². The first kappa shape index (κ1) is 13.5. The molecule has 0 saturated carbocycles. The molecular weight excluding hydrogens is 246 g/mol. The third kappa shape index (κ3) is 4.51. The summed E-state index contributed by atoms with van der Waals surface area (Å²) in [6.07, 6.45) is 0. The van der Waals surface area contributed by atoms with Crippen molar-refractivity contribution in [3.05, 3.63) is 34.9 Å². The summed E-state index contributed by atoms with van der Waals surface area (Å²) in [6.45, 7) is 5.41. The number of hydrogen-bond acceptors (Lipinski definition) is 2. The van der Waals surface area contributed by atoms with E-state index in [9.17, 15) is 8.42 Å². The van der Waals surface area contributed by atoms with Gasteiger partial charge in [0, 0.05) is 10.6 Å². The summed E-state index contributed by atoms with van der Waals surface area (Å²) >= 11 is 5.91. The van der Waals surface area contributed by atoms with Crippen LogP contribution in [0.1, 0.15) is 26.3 Å². The zero-order valence-corrected chi connectivity index (χ0v) is 11.2. The van der Waals surface area contributed by atoms with Crippen LogP contribution >= 0.6 is 11.6 Å². The van der Waals surface area contributed by atoms with Crippen molar-refractivity contribution in [3.63, 3.8) is 0 Å². The summed E-state index contributed by atoms with van der Waals surface area (Å²) < 4.78 is 26.2. The minimum Gasteiger partial charge on any atom is -0.212 e. The van der Waals surface area contributed by atoms with E-state index in [1.54, 1.807) is 45.0 Å². The first-order valence-electron chi connectivity index (χ1n) is 4.95. The van der Waals surface area contributed by atoms with Crippen molar-refractivity contribution >= 4 is 21.6 Å². The second-order valence-electron chi connectivity index (χ2n) is 4.70. The lowest BCUT2D eigenvalue weighted by Gasteiger charge is -2.20. The van der Waals surface area contributed by atoms with Gasteiger partial charge in [0.1, 0.15) is 0 Å². The van der Waals surface area contributed by atoms with Crippen LogP contribution in [0.15, 0.2) is 24.3 Å². The quantitative estimate of drug-likeness (QED) is 0.909. The third-order valence-corrected chi connectivity index (χ3v) is 3.75. The van der Waals surface area contributed by atoms with Gasteiger partial charge in [-0.2, -0.15) is 0 Å². The van der Waals surface area contributed by atoms with E-state index < -0.39 is 15.6 Å². The maximum absolute atomic E-state index is 11.8. The van der Waals surface area contributed by atoms with Gasteiger partial charge in [-0.05, 0) is 32.4 Å². The van der Waals surface area contributed by atoms with Gasteiger partial charge in [-0.25, -0.2) is 13.1 Å².